The van der Waals surface area contributed by atoms with E-state index >= 15 is 0 Å². The van der Waals surface area contributed by atoms with Crippen LogP contribution in [0.5, 0.6) is 0 Å². The Hall–Kier alpha value is -1.89. The Morgan fingerprint density at radius 1 is 1.29 bits per heavy atom. The Bertz CT molecular complexity index is 631. The van der Waals surface area contributed by atoms with Crippen LogP contribution in [0.3, 0.4) is 0 Å². The van der Waals surface area contributed by atoms with Crippen molar-refractivity contribution in [2.75, 3.05) is 32.7 Å². The standard InChI is InChI=1S/C18H24N2O3S/c1-14(17-8-5-11-24-17)20(2)18(21)19-16-7-4-6-15(12-16)13-23-10-9-22-3/h4-8,11-12,14H,9-10,13H2,1-3H3,(H,19,21)/t14-/m0/s1. The van der Waals surface area contributed by atoms with E-state index in [1.807, 2.05) is 48.7 Å². The van der Waals surface area contributed by atoms with Crippen LogP contribution < -0.4 is 5.32 Å². The van der Waals surface area contributed by atoms with Gasteiger partial charge in [-0.25, -0.2) is 4.79 Å². The van der Waals surface area contributed by atoms with Gasteiger partial charge in [-0.15, -0.1) is 11.3 Å². The number of carbonyl (C=O) groups excluding carboxylic acids is 1. The van der Waals surface area contributed by atoms with E-state index in [0.29, 0.717) is 19.8 Å². The van der Waals surface area contributed by atoms with Crippen LogP contribution in [0, 0.1) is 0 Å². The molecule has 0 radical (unpaired) electrons. The number of nitrogens with one attached hydrogen (secondary N) is 1. The summed E-state index contributed by atoms with van der Waals surface area (Å²) in [7, 11) is 3.45. The molecule has 0 spiro atoms. The number of ether oxygens (including phenoxy) is 2. The van der Waals surface area contributed by atoms with E-state index in [1.165, 1.54) is 0 Å². The van der Waals surface area contributed by atoms with Crippen LogP contribution in [-0.4, -0.2) is 38.3 Å². The number of nitrogens with zero attached hydrogens (tertiary/aromatic N) is 1. The molecule has 2 aromatic rings. The van der Waals surface area contributed by atoms with E-state index in [9.17, 15) is 4.79 Å². The van der Waals surface area contributed by atoms with E-state index in [-0.39, 0.29) is 12.1 Å². The summed E-state index contributed by atoms with van der Waals surface area (Å²) in [6.45, 7) is 3.63. The van der Waals surface area contributed by atoms with Gasteiger partial charge in [-0.1, -0.05) is 18.2 Å². The Kier molecular flexibility index (Phi) is 7.24. The number of thiophene rings is 1. The van der Waals surface area contributed by atoms with Crippen molar-refractivity contribution >= 4 is 23.1 Å². The molecule has 1 atom stereocenters. The lowest BCUT2D eigenvalue weighted by molar-refractivity contribution is 0.0617. The van der Waals surface area contributed by atoms with Gasteiger partial charge in [0.25, 0.3) is 0 Å². The van der Waals surface area contributed by atoms with Crippen molar-refractivity contribution < 1.29 is 14.3 Å². The van der Waals surface area contributed by atoms with Crippen molar-refractivity contribution in [3.05, 3.63) is 52.2 Å². The third-order valence-corrected chi connectivity index (χ3v) is 4.78. The second-order valence-corrected chi connectivity index (χ2v) is 6.46. The smallest absolute Gasteiger partial charge is 0.322 e. The summed E-state index contributed by atoms with van der Waals surface area (Å²) in [5, 5.41) is 4.96. The topological polar surface area (TPSA) is 50.8 Å². The third kappa shape index (κ3) is 5.33. The molecular weight excluding hydrogens is 324 g/mol. The monoisotopic (exact) mass is 348 g/mol. The molecule has 0 aliphatic rings. The maximum absolute atomic E-state index is 12.4. The largest absolute Gasteiger partial charge is 0.382 e. The highest BCUT2D eigenvalue weighted by atomic mass is 32.1. The molecule has 2 rings (SSSR count). The molecule has 1 heterocycles. The summed E-state index contributed by atoms with van der Waals surface area (Å²) in [5.41, 5.74) is 1.77. The molecule has 5 nitrogen and oxygen atoms in total. The van der Waals surface area contributed by atoms with Crippen LogP contribution in [0.1, 0.15) is 23.4 Å². The fourth-order valence-electron chi connectivity index (χ4n) is 2.18. The highest BCUT2D eigenvalue weighted by Crippen LogP contribution is 2.24. The maximum atomic E-state index is 12.4. The number of carbonyl (C=O) groups is 1. The van der Waals surface area contributed by atoms with Crippen molar-refractivity contribution in [2.45, 2.75) is 19.6 Å². The van der Waals surface area contributed by atoms with E-state index in [1.54, 1.807) is 30.4 Å². The maximum Gasteiger partial charge on any atom is 0.322 e. The predicted molar refractivity (Wildman–Crippen MR) is 97.5 cm³/mol. The lowest BCUT2D eigenvalue weighted by atomic mass is 10.2. The van der Waals surface area contributed by atoms with Gasteiger partial charge in [0.2, 0.25) is 0 Å². The third-order valence-electron chi connectivity index (χ3n) is 3.74. The number of rotatable bonds is 8. The number of anilines is 1. The average Bonchev–Trinajstić information content (AvgIpc) is 3.12. The number of benzene rings is 1. The Balaban J connectivity index is 1.91. The Morgan fingerprint density at radius 3 is 2.83 bits per heavy atom. The summed E-state index contributed by atoms with van der Waals surface area (Å²) in [6, 6.07) is 11.6. The van der Waals surface area contributed by atoms with Crippen molar-refractivity contribution in [1.82, 2.24) is 4.90 Å². The minimum absolute atomic E-state index is 0.0329. The zero-order chi connectivity index (χ0) is 17.4. The molecule has 24 heavy (non-hydrogen) atoms. The molecule has 6 heteroatoms. The number of amides is 2. The highest BCUT2D eigenvalue weighted by molar-refractivity contribution is 7.10. The summed E-state index contributed by atoms with van der Waals surface area (Å²) in [5.74, 6) is 0. The van der Waals surface area contributed by atoms with Crippen LogP contribution in [0.4, 0.5) is 10.5 Å². The van der Waals surface area contributed by atoms with E-state index in [2.05, 4.69) is 5.32 Å². The lowest BCUT2D eigenvalue weighted by Gasteiger charge is -2.24. The second kappa shape index (κ2) is 9.42. The van der Waals surface area contributed by atoms with Crippen LogP contribution in [0.2, 0.25) is 0 Å². The lowest BCUT2D eigenvalue weighted by Crippen LogP contribution is -2.33. The first-order chi connectivity index (χ1) is 11.6. The molecule has 0 fully saturated rings. The summed E-state index contributed by atoms with van der Waals surface area (Å²) >= 11 is 1.65. The highest BCUT2D eigenvalue weighted by Gasteiger charge is 2.18. The summed E-state index contributed by atoms with van der Waals surface area (Å²) in [4.78, 5) is 15.3. The van der Waals surface area contributed by atoms with Gasteiger partial charge in [0.15, 0.2) is 0 Å². The van der Waals surface area contributed by atoms with Gasteiger partial charge in [0, 0.05) is 24.7 Å². The molecule has 2 amide bonds. The molecule has 130 valence electrons. The van der Waals surface area contributed by atoms with Crippen LogP contribution in [0.25, 0.3) is 0 Å². The van der Waals surface area contributed by atoms with Crippen molar-refractivity contribution in [2.24, 2.45) is 0 Å². The van der Waals surface area contributed by atoms with Gasteiger partial charge in [-0.2, -0.15) is 0 Å². The quantitative estimate of drug-likeness (QED) is 0.730. The van der Waals surface area contributed by atoms with Gasteiger partial charge < -0.3 is 19.7 Å². The molecule has 0 unspecified atom stereocenters. The second-order valence-electron chi connectivity index (χ2n) is 5.48. The zero-order valence-corrected chi connectivity index (χ0v) is 15.1. The molecule has 0 aliphatic heterocycles. The first-order valence-corrected chi connectivity index (χ1v) is 8.72. The summed E-state index contributed by atoms with van der Waals surface area (Å²) < 4.78 is 10.5. The fourth-order valence-corrected chi connectivity index (χ4v) is 3.00. The minimum atomic E-state index is -0.131. The molecule has 0 saturated carbocycles. The normalized spacial score (nSPS) is 12.0. The summed E-state index contributed by atoms with van der Waals surface area (Å²) in [6.07, 6.45) is 0. The van der Waals surface area contributed by atoms with Crippen LogP contribution >= 0.6 is 11.3 Å². The zero-order valence-electron chi connectivity index (χ0n) is 14.3. The van der Waals surface area contributed by atoms with Crippen LogP contribution in [0.15, 0.2) is 41.8 Å². The van der Waals surface area contributed by atoms with E-state index in [0.717, 1.165) is 16.1 Å². The van der Waals surface area contributed by atoms with Crippen molar-refractivity contribution in [1.29, 1.82) is 0 Å². The molecule has 0 bridgehead atoms. The first kappa shape index (κ1) is 18.4. The van der Waals surface area contributed by atoms with E-state index in [4.69, 9.17) is 9.47 Å². The van der Waals surface area contributed by atoms with E-state index < -0.39 is 0 Å². The number of urea groups is 1. The van der Waals surface area contributed by atoms with Gasteiger partial charge in [-0.05, 0) is 36.1 Å². The molecule has 0 saturated heterocycles. The Labute approximate surface area is 147 Å². The molecule has 1 aromatic heterocycles. The van der Waals surface area contributed by atoms with Gasteiger partial charge in [0.05, 0.1) is 25.9 Å². The number of hydrogen-bond acceptors (Lipinski definition) is 4. The average molecular weight is 348 g/mol. The molecule has 0 aliphatic carbocycles. The van der Waals surface area contributed by atoms with Crippen molar-refractivity contribution in [3.63, 3.8) is 0 Å². The minimum Gasteiger partial charge on any atom is -0.382 e. The Morgan fingerprint density at radius 2 is 2.12 bits per heavy atom. The van der Waals surface area contributed by atoms with Crippen LogP contribution in [-0.2, 0) is 16.1 Å². The number of hydrogen-bond donors (Lipinski definition) is 1. The van der Waals surface area contributed by atoms with Crippen molar-refractivity contribution in [3.8, 4) is 0 Å². The fraction of sp³-hybridized carbons (Fsp3) is 0.389. The SMILES string of the molecule is COCCOCc1cccc(NC(=O)N(C)[C@@H](C)c2cccs2)c1. The first-order valence-electron chi connectivity index (χ1n) is 7.84. The van der Waals surface area contributed by atoms with Gasteiger partial charge in [0.1, 0.15) is 0 Å². The molecular formula is C18H24N2O3S. The molecule has 1 N–H and O–H groups in total. The molecule has 1 aromatic carbocycles. The number of methoxy groups -OCH3 is 1. The predicted octanol–water partition coefficient (Wildman–Crippen LogP) is 4.14. The van der Waals surface area contributed by atoms with Gasteiger partial charge >= 0.3 is 6.03 Å². The van der Waals surface area contributed by atoms with Gasteiger partial charge in [-0.3, -0.25) is 0 Å².